The molecule has 2 aromatic heterocycles. The summed E-state index contributed by atoms with van der Waals surface area (Å²) in [5.74, 6) is 0. The van der Waals surface area contributed by atoms with Crippen LogP contribution in [0.25, 0.3) is 6.01 Å². The summed E-state index contributed by atoms with van der Waals surface area (Å²) in [6, 6.07) is 0.505. The van der Waals surface area contributed by atoms with Gasteiger partial charge in [-0.3, -0.25) is 0 Å². The zero-order chi connectivity index (χ0) is 10.7. The molecule has 15 heavy (non-hydrogen) atoms. The number of hydrogen-bond donors (Lipinski definition) is 1. The predicted molar refractivity (Wildman–Crippen MR) is 63.7 cm³/mol. The van der Waals surface area contributed by atoms with E-state index in [1.807, 2.05) is 6.20 Å². The summed E-state index contributed by atoms with van der Waals surface area (Å²) in [4.78, 5) is 4.30. The standard InChI is InChI=1S/C9H11IN4O/c1-2-11-4-8-6-15-9(13-8)14-5-7(10)3-12-14/h3,5-6,11H,2,4H2,1H3. The molecule has 6 heteroatoms. The molecule has 0 atom stereocenters. The van der Waals surface area contributed by atoms with Crippen LogP contribution in [0.15, 0.2) is 23.1 Å². The molecule has 2 heterocycles. The van der Waals surface area contributed by atoms with Gasteiger partial charge in [-0.05, 0) is 29.1 Å². The van der Waals surface area contributed by atoms with Crippen molar-refractivity contribution in [3.63, 3.8) is 0 Å². The summed E-state index contributed by atoms with van der Waals surface area (Å²) < 4.78 is 7.98. The van der Waals surface area contributed by atoms with Crippen molar-refractivity contribution in [2.45, 2.75) is 13.5 Å². The molecular weight excluding hydrogens is 307 g/mol. The fraction of sp³-hybridized carbons (Fsp3) is 0.333. The number of aromatic nitrogens is 3. The average molecular weight is 318 g/mol. The smallest absolute Gasteiger partial charge is 0.322 e. The second-order valence-corrected chi connectivity index (χ2v) is 4.25. The molecular formula is C9H11IN4O. The van der Waals surface area contributed by atoms with E-state index in [2.05, 4.69) is 44.9 Å². The van der Waals surface area contributed by atoms with Crippen LogP contribution in [0.4, 0.5) is 0 Å². The van der Waals surface area contributed by atoms with Crippen molar-refractivity contribution in [3.8, 4) is 6.01 Å². The Hall–Kier alpha value is -0.890. The fourth-order valence-corrected chi connectivity index (χ4v) is 1.53. The normalized spacial score (nSPS) is 10.8. The van der Waals surface area contributed by atoms with Gasteiger partial charge in [0.2, 0.25) is 0 Å². The van der Waals surface area contributed by atoms with E-state index in [0.29, 0.717) is 6.01 Å². The van der Waals surface area contributed by atoms with Gasteiger partial charge in [0.1, 0.15) is 6.26 Å². The van der Waals surface area contributed by atoms with Crippen molar-refractivity contribution in [2.75, 3.05) is 6.54 Å². The maximum Gasteiger partial charge on any atom is 0.322 e. The third-order valence-corrected chi connectivity index (χ3v) is 2.40. The van der Waals surface area contributed by atoms with E-state index in [1.54, 1.807) is 17.1 Å². The summed E-state index contributed by atoms with van der Waals surface area (Å²) in [5, 5.41) is 7.29. The number of hydrogen-bond acceptors (Lipinski definition) is 4. The summed E-state index contributed by atoms with van der Waals surface area (Å²) in [5.41, 5.74) is 0.886. The highest BCUT2D eigenvalue weighted by molar-refractivity contribution is 14.1. The molecule has 0 bridgehead atoms. The third-order valence-electron chi connectivity index (χ3n) is 1.84. The zero-order valence-electron chi connectivity index (χ0n) is 8.27. The van der Waals surface area contributed by atoms with Crippen molar-refractivity contribution >= 4 is 22.6 Å². The SMILES string of the molecule is CCNCc1coc(-n2cc(I)cn2)n1. The van der Waals surface area contributed by atoms with Crippen molar-refractivity contribution in [3.05, 3.63) is 27.9 Å². The van der Waals surface area contributed by atoms with Gasteiger partial charge in [0.15, 0.2) is 0 Å². The highest BCUT2D eigenvalue weighted by Gasteiger charge is 2.06. The molecule has 2 rings (SSSR count). The Balaban J connectivity index is 2.13. The molecule has 2 aromatic rings. The summed E-state index contributed by atoms with van der Waals surface area (Å²) in [7, 11) is 0. The number of rotatable bonds is 4. The lowest BCUT2D eigenvalue weighted by Crippen LogP contribution is -2.12. The molecule has 0 saturated carbocycles. The van der Waals surface area contributed by atoms with E-state index >= 15 is 0 Å². The minimum Gasteiger partial charge on any atom is -0.430 e. The van der Waals surface area contributed by atoms with Gasteiger partial charge in [-0.25, -0.2) is 0 Å². The Labute approximate surface area is 101 Å². The third kappa shape index (κ3) is 2.57. The summed E-state index contributed by atoms with van der Waals surface area (Å²) >= 11 is 2.19. The molecule has 0 aromatic carbocycles. The molecule has 0 unspecified atom stereocenters. The molecule has 1 N–H and O–H groups in total. The van der Waals surface area contributed by atoms with Crippen LogP contribution in [0.3, 0.4) is 0 Å². The van der Waals surface area contributed by atoms with Crippen LogP contribution in [-0.2, 0) is 6.54 Å². The first-order valence-corrected chi connectivity index (χ1v) is 5.73. The maximum absolute atomic E-state index is 5.31. The summed E-state index contributed by atoms with van der Waals surface area (Å²) in [6.45, 7) is 3.69. The highest BCUT2D eigenvalue weighted by Crippen LogP contribution is 2.09. The van der Waals surface area contributed by atoms with Gasteiger partial charge < -0.3 is 9.73 Å². The van der Waals surface area contributed by atoms with E-state index in [9.17, 15) is 0 Å². The monoisotopic (exact) mass is 318 g/mol. The Morgan fingerprint density at radius 2 is 2.47 bits per heavy atom. The van der Waals surface area contributed by atoms with E-state index in [0.717, 1.165) is 22.4 Å². The number of oxazole rings is 1. The van der Waals surface area contributed by atoms with Crippen molar-refractivity contribution in [1.82, 2.24) is 20.1 Å². The molecule has 5 nitrogen and oxygen atoms in total. The van der Waals surface area contributed by atoms with Crippen LogP contribution in [0.2, 0.25) is 0 Å². The second-order valence-electron chi connectivity index (χ2n) is 3.00. The van der Waals surface area contributed by atoms with Crippen LogP contribution in [0.1, 0.15) is 12.6 Å². The van der Waals surface area contributed by atoms with E-state index in [1.165, 1.54) is 0 Å². The first kappa shape index (κ1) is 10.6. The molecule has 0 aliphatic carbocycles. The molecule has 0 fully saturated rings. The van der Waals surface area contributed by atoms with Crippen molar-refractivity contribution < 1.29 is 4.42 Å². The molecule has 0 spiro atoms. The van der Waals surface area contributed by atoms with Crippen molar-refractivity contribution in [2.24, 2.45) is 0 Å². The van der Waals surface area contributed by atoms with E-state index in [-0.39, 0.29) is 0 Å². The fourth-order valence-electron chi connectivity index (χ4n) is 1.14. The Morgan fingerprint density at radius 1 is 1.60 bits per heavy atom. The molecule has 0 saturated heterocycles. The van der Waals surface area contributed by atoms with Gasteiger partial charge in [-0.2, -0.15) is 14.8 Å². The molecule has 0 aliphatic rings. The lowest BCUT2D eigenvalue weighted by Gasteiger charge is -1.94. The minimum atomic E-state index is 0.505. The quantitative estimate of drug-likeness (QED) is 0.870. The first-order valence-electron chi connectivity index (χ1n) is 4.65. The van der Waals surface area contributed by atoms with Gasteiger partial charge >= 0.3 is 6.01 Å². The Bertz CT molecular complexity index is 437. The lowest BCUT2D eigenvalue weighted by atomic mass is 10.5. The topological polar surface area (TPSA) is 55.9 Å². The van der Waals surface area contributed by atoms with Gasteiger partial charge in [-0.15, -0.1) is 0 Å². The molecule has 0 aliphatic heterocycles. The molecule has 0 radical (unpaired) electrons. The van der Waals surface area contributed by atoms with Gasteiger partial charge in [0.25, 0.3) is 0 Å². The predicted octanol–water partition coefficient (Wildman–Crippen LogP) is 1.57. The largest absolute Gasteiger partial charge is 0.430 e. The van der Waals surface area contributed by atoms with Crippen LogP contribution < -0.4 is 5.32 Å². The van der Waals surface area contributed by atoms with Crippen LogP contribution in [0.5, 0.6) is 0 Å². The molecule has 0 amide bonds. The number of halogens is 1. The number of nitrogens with one attached hydrogen (secondary N) is 1. The number of nitrogens with zero attached hydrogens (tertiary/aromatic N) is 3. The lowest BCUT2D eigenvalue weighted by molar-refractivity contribution is 0.509. The van der Waals surface area contributed by atoms with Crippen LogP contribution in [0, 0.1) is 3.57 Å². The zero-order valence-corrected chi connectivity index (χ0v) is 10.4. The van der Waals surface area contributed by atoms with Gasteiger partial charge in [0.05, 0.1) is 15.5 Å². The van der Waals surface area contributed by atoms with Crippen LogP contribution in [-0.4, -0.2) is 21.3 Å². The van der Waals surface area contributed by atoms with Gasteiger partial charge in [0, 0.05) is 12.7 Å². The first-order chi connectivity index (χ1) is 7.29. The van der Waals surface area contributed by atoms with Gasteiger partial charge in [-0.1, -0.05) is 6.92 Å². The Morgan fingerprint density at radius 3 is 3.13 bits per heavy atom. The van der Waals surface area contributed by atoms with E-state index < -0.39 is 0 Å². The average Bonchev–Trinajstić information content (AvgIpc) is 2.83. The van der Waals surface area contributed by atoms with Crippen LogP contribution >= 0.6 is 22.6 Å². The minimum absolute atomic E-state index is 0.505. The van der Waals surface area contributed by atoms with Crippen molar-refractivity contribution in [1.29, 1.82) is 0 Å². The second kappa shape index (κ2) is 4.75. The Kier molecular flexibility index (Phi) is 3.37. The summed E-state index contributed by atoms with van der Waals surface area (Å²) in [6.07, 6.45) is 5.27. The van der Waals surface area contributed by atoms with E-state index in [4.69, 9.17) is 4.42 Å². The highest BCUT2D eigenvalue weighted by atomic mass is 127. The maximum atomic E-state index is 5.31. The molecule has 80 valence electrons.